The maximum absolute atomic E-state index is 13.6. The standard InChI is InChI=1S/C28H32N6O5/c1-39-23-16-14-20(15-17-23)19-31-26(35)24(13-8-18-30-28(29)33-34(37)38)32-27(36)25(21-9-4-2-5-10-21)22-11-6-3-7-12-22/h2-7,9-12,14-17,24-25H,8,13,18-19H2,1H3,(H,31,35)(H,32,36)(H3,29,30,33)/t24-/m0/s1. The lowest BCUT2D eigenvalue weighted by atomic mass is 9.90. The molecule has 0 bridgehead atoms. The van der Waals surface area contributed by atoms with Gasteiger partial charge in [-0.1, -0.05) is 72.8 Å². The molecule has 11 heteroatoms. The summed E-state index contributed by atoms with van der Waals surface area (Å²) in [4.78, 5) is 37.3. The second-order valence-electron chi connectivity index (χ2n) is 8.67. The summed E-state index contributed by atoms with van der Waals surface area (Å²) >= 11 is 0. The van der Waals surface area contributed by atoms with Crippen molar-refractivity contribution in [3.05, 3.63) is 112 Å². The summed E-state index contributed by atoms with van der Waals surface area (Å²) < 4.78 is 5.17. The number of hydrogen-bond acceptors (Lipinski definition) is 5. The lowest BCUT2D eigenvalue weighted by Gasteiger charge is -2.23. The van der Waals surface area contributed by atoms with Crippen LogP contribution in [0.5, 0.6) is 5.75 Å². The number of amides is 2. The van der Waals surface area contributed by atoms with Crippen molar-refractivity contribution in [2.24, 2.45) is 10.8 Å². The van der Waals surface area contributed by atoms with Crippen LogP contribution in [0, 0.1) is 10.1 Å². The molecule has 0 heterocycles. The highest BCUT2D eigenvalue weighted by Gasteiger charge is 2.27. The molecule has 0 saturated carbocycles. The van der Waals surface area contributed by atoms with E-state index in [-0.39, 0.29) is 37.3 Å². The van der Waals surface area contributed by atoms with Gasteiger partial charge in [-0.3, -0.25) is 9.59 Å². The molecule has 3 rings (SSSR count). The zero-order chi connectivity index (χ0) is 28.0. The van der Waals surface area contributed by atoms with Crippen LogP contribution in [0.4, 0.5) is 0 Å². The van der Waals surface area contributed by atoms with Gasteiger partial charge in [-0.2, -0.15) is 0 Å². The third-order valence-electron chi connectivity index (χ3n) is 5.95. The number of nitrogens with two attached hydrogens (primary N) is 1. The average molecular weight is 533 g/mol. The number of benzene rings is 3. The Labute approximate surface area is 226 Å². The van der Waals surface area contributed by atoms with Crippen LogP contribution in [-0.4, -0.2) is 42.5 Å². The molecule has 2 amide bonds. The maximum atomic E-state index is 13.6. The van der Waals surface area contributed by atoms with Gasteiger partial charge >= 0.3 is 0 Å². The molecule has 0 aliphatic carbocycles. The second kappa shape index (κ2) is 14.7. The van der Waals surface area contributed by atoms with E-state index in [1.807, 2.05) is 72.8 Å². The Kier molecular flexibility index (Phi) is 10.8. The fraction of sp³-hybridized carbons (Fsp3) is 0.250. The summed E-state index contributed by atoms with van der Waals surface area (Å²) in [7, 11) is 1.58. The van der Waals surface area contributed by atoms with Gasteiger partial charge in [-0.05, 0) is 41.7 Å². The van der Waals surface area contributed by atoms with Crippen molar-refractivity contribution in [3.63, 3.8) is 0 Å². The fourth-order valence-corrected chi connectivity index (χ4v) is 4.01. The van der Waals surface area contributed by atoms with Gasteiger partial charge in [-0.25, -0.2) is 10.1 Å². The molecule has 0 saturated heterocycles. The molecule has 0 fully saturated rings. The molecular weight excluding hydrogens is 500 g/mol. The molecule has 1 atom stereocenters. The lowest BCUT2D eigenvalue weighted by molar-refractivity contribution is -0.485. The van der Waals surface area contributed by atoms with Crippen LogP contribution < -0.4 is 26.4 Å². The van der Waals surface area contributed by atoms with Gasteiger partial charge in [-0.15, -0.1) is 0 Å². The summed E-state index contributed by atoms with van der Waals surface area (Å²) in [5.41, 5.74) is 7.93. The van der Waals surface area contributed by atoms with Crippen LogP contribution in [0.15, 0.2) is 90.0 Å². The quantitative estimate of drug-likeness (QED) is 0.0864. The number of methoxy groups -OCH3 is 1. The third kappa shape index (κ3) is 9.15. The summed E-state index contributed by atoms with van der Waals surface area (Å²) in [5, 5.41) is 21.0. The Balaban J connectivity index is 1.74. The molecule has 0 aromatic heterocycles. The SMILES string of the molecule is COc1ccc(CNC(=O)[C@H](CCCNC(N)=N[N+](=O)[O-])NC(=O)C(c2ccccc2)c2ccccc2)cc1. The van der Waals surface area contributed by atoms with E-state index >= 15 is 0 Å². The maximum Gasteiger partial charge on any atom is 0.266 e. The first kappa shape index (κ1) is 28.6. The van der Waals surface area contributed by atoms with Gasteiger partial charge in [0.05, 0.1) is 13.0 Å². The van der Waals surface area contributed by atoms with Gasteiger partial charge in [0.25, 0.3) is 5.96 Å². The number of guanidine groups is 1. The molecule has 204 valence electrons. The van der Waals surface area contributed by atoms with Crippen LogP contribution in [-0.2, 0) is 16.1 Å². The van der Waals surface area contributed by atoms with Crippen molar-refractivity contribution in [1.82, 2.24) is 16.0 Å². The zero-order valence-electron chi connectivity index (χ0n) is 21.6. The number of hydrazone groups is 1. The number of nitro groups is 1. The van der Waals surface area contributed by atoms with Crippen LogP contribution in [0.25, 0.3) is 0 Å². The number of nitrogens with one attached hydrogen (secondary N) is 3. The largest absolute Gasteiger partial charge is 0.497 e. The number of nitrogens with zero attached hydrogens (tertiary/aromatic N) is 2. The van der Waals surface area contributed by atoms with Gasteiger partial charge < -0.3 is 26.4 Å². The Morgan fingerprint density at radius 1 is 0.923 bits per heavy atom. The van der Waals surface area contributed by atoms with Crippen molar-refractivity contribution in [1.29, 1.82) is 0 Å². The number of rotatable bonds is 13. The highest BCUT2D eigenvalue weighted by atomic mass is 16.7. The minimum absolute atomic E-state index is 0.224. The normalized spacial score (nSPS) is 11.9. The highest BCUT2D eigenvalue weighted by Crippen LogP contribution is 2.25. The van der Waals surface area contributed by atoms with Crippen LogP contribution in [0.1, 0.15) is 35.4 Å². The molecule has 0 unspecified atom stereocenters. The van der Waals surface area contributed by atoms with E-state index in [1.54, 1.807) is 19.2 Å². The number of carbonyl (C=O) groups is 2. The van der Waals surface area contributed by atoms with E-state index in [0.29, 0.717) is 12.2 Å². The molecule has 3 aromatic carbocycles. The molecule has 11 nitrogen and oxygen atoms in total. The first-order valence-electron chi connectivity index (χ1n) is 12.4. The molecular formula is C28H32N6O5. The van der Waals surface area contributed by atoms with Crippen LogP contribution in [0.3, 0.4) is 0 Å². The third-order valence-corrected chi connectivity index (χ3v) is 5.95. The predicted octanol–water partition coefficient (Wildman–Crippen LogP) is 2.50. The van der Waals surface area contributed by atoms with Crippen molar-refractivity contribution in [2.45, 2.75) is 31.3 Å². The van der Waals surface area contributed by atoms with Gasteiger partial charge in [0.2, 0.25) is 11.8 Å². The summed E-state index contributed by atoms with van der Waals surface area (Å²) in [6.45, 7) is 0.485. The Bertz CT molecular complexity index is 1210. The van der Waals surface area contributed by atoms with E-state index in [1.165, 1.54) is 0 Å². The molecule has 3 aromatic rings. The average Bonchev–Trinajstić information content (AvgIpc) is 2.94. The number of ether oxygens (including phenoxy) is 1. The van der Waals surface area contributed by atoms with Crippen molar-refractivity contribution in [3.8, 4) is 5.75 Å². The number of carbonyl (C=O) groups excluding carboxylic acids is 2. The van der Waals surface area contributed by atoms with E-state index in [4.69, 9.17) is 10.5 Å². The van der Waals surface area contributed by atoms with Crippen molar-refractivity contribution in [2.75, 3.05) is 13.7 Å². The summed E-state index contributed by atoms with van der Waals surface area (Å²) in [6.07, 6.45) is 0.644. The Hall–Kier alpha value is -4.93. The predicted molar refractivity (Wildman–Crippen MR) is 147 cm³/mol. The second-order valence-corrected chi connectivity index (χ2v) is 8.67. The zero-order valence-corrected chi connectivity index (χ0v) is 21.6. The monoisotopic (exact) mass is 532 g/mol. The topological polar surface area (TPSA) is 161 Å². The summed E-state index contributed by atoms with van der Waals surface area (Å²) in [6, 6.07) is 25.1. The Morgan fingerprint density at radius 2 is 1.51 bits per heavy atom. The molecule has 39 heavy (non-hydrogen) atoms. The lowest BCUT2D eigenvalue weighted by Crippen LogP contribution is -2.48. The van der Waals surface area contributed by atoms with E-state index < -0.39 is 17.0 Å². The minimum Gasteiger partial charge on any atom is -0.497 e. The molecule has 0 aliphatic heterocycles. The Morgan fingerprint density at radius 3 is 2.05 bits per heavy atom. The van der Waals surface area contributed by atoms with E-state index in [0.717, 1.165) is 16.7 Å². The van der Waals surface area contributed by atoms with Gasteiger partial charge in [0.15, 0.2) is 5.03 Å². The van der Waals surface area contributed by atoms with Gasteiger partial charge in [0, 0.05) is 13.1 Å². The van der Waals surface area contributed by atoms with Crippen LogP contribution >= 0.6 is 0 Å². The first-order valence-corrected chi connectivity index (χ1v) is 12.4. The minimum atomic E-state index is -0.898. The van der Waals surface area contributed by atoms with Crippen molar-refractivity contribution < 1.29 is 19.4 Å². The fourth-order valence-electron chi connectivity index (χ4n) is 4.01. The molecule has 0 radical (unpaired) electrons. The van der Waals surface area contributed by atoms with E-state index in [2.05, 4.69) is 21.1 Å². The van der Waals surface area contributed by atoms with Crippen molar-refractivity contribution >= 4 is 17.8 Å². The number of hydrogen-bond donors (Lipinski definition) is 4. The molecule has 5 N–H and O–H groups in total. The molecule has 0 spiro atoms. The smallest absolute Gasteiger partial charge is 0.266 e. The first-order chi connectivity index (χ1) is 18.9. The summed E-state index contributed by atoms with van der Waals surface area (Å²) in [5.74, 6) is -0.927. The molecule has 0 aliphatic rings. The van der Waals surface area contributed by atoms with Crippen LogP contribution in [0.2, 0.25) is 0 Å². The van der Waals surface area contributed by atoms with E-state index in [9.17, 15) is 19.7 Å². The van der Waals surface area contributed by atoms with Gasteiger partial charge in [0.1, 0.15) is 16.9 Å². The highest BCUT2D eigenvalue weighted by molar-refractivity contribution is 5.92.